The summed E-state index contributed by atoms with van der Waals surface area (Å²) in [4.78, 5) is 90.1. The predicted octanol–water partition coefficient (Wildman–Crippen LogP) is -1.03. The van der Waals surface area contributed by atoms with E-state index in [4.69, 9.17) is 16.9 Å². The summed E-state index contributed by atoms with van der Waals surface area (Å²) in [7, 11) is 0. The summed E-state index contributed by atoms with van der Waals surface area (Å²) in [6, 6.07) is 8.79. The molecule has 5 amide bonds. The van der Waals surface area contributed by atoms with E-state index in [9.17, 15) is 33.9 Å². The summed E-state index contributed by atoms with van der Waals surface area (Å²) in [6.45, 7) is 1.59. The van der Waals surface area contributed by atoms with Crippen LogP contribution in [0, 0.1) is 5.41 Å². The first kappa shape index (κ1) is 44.3. The van der Waals surface area contributed by atoms with Gasteiger partial charge in [0.2, 0.25) is 29.5 Å². The molecule has 58 heavy (non-hydrogen) atoms. The number of hydrogen-bond donors (Lipinski definition) is 13. The smallest absolute Gasteiger partial charge is 0.326 e. The molecule has 0 fully saturated rings. The number of nitrogens with zero attached hydrogens (tertiary/aromatic N) is 1. The van der Waals surface area contributed by atoms with Gasteiger partial charge in [-0.05, 0) is 37.0 Å². The first-order chi connectivity index (χ1) is 27.7. The maximum Gasteiger partial charge on any atom is 0.326 e. The van der Waals surface area contributed by atoms with Gasteiger partial charge < -0.3 is 58.4 Å². The van der Waals surface area contributed by atoms with Gasteiger partial charge in [0.05, 0.1) is 18.1 Å². The Kier molecular flexibility index (Phi) is 16.6. The molecule has 2 aromatic carbocycles. The van der Waals surface area contributed by atoms with Gasteiger partial charge in [-0.15, -0.1) is 0 Å². The Morgan fingerprint density at radius 3 is 2.07 bits per heavy atom. The highest BCUT2D eigenvalue weighted by atomic mass is 32.1. The molecule has 14 N–H and O–H groups in total. The fraction of sp³-hybridized carbons (Fsp3) is 0.368. The number of nitrogens with two attached hydrogens (primary N) is 2. The monoisotopic (exact) mass is 818 g/mol. The van der Waals surface area contributed by atoms with Gasteiger partial charge in [0.15, 0.2) is 5.96 Å². The Morgan fingerprint density at radius 1 is 0.793 bits per heavy atom. The number of thiol groups is 1. The molecule has 310 valence electrons. The fourth-order valence-corrected chi connectivity index (χ4v) is 6.15. The zero-order valence-corrected chi connectivity index (χ0v) is 32.7. The minimum atomic E-state index is -1.37. The Balaban J connectivity index is 1.57. The van der Waals surface area contributed by atoms with Gasteiger partial charge in [-0.1, -0.05) is 48.5 Å². The van der Waals surface area contributed by atoms with E-state index in [0.29, 0.717) is 16.8 Å². The van der Waals surface area contributed by atoms with E-state index < -0.39 is 71.8 Å². The maximum atomic E-state index is 14.2. The van der Waals surface area contributed by atoms with Gasteiger partial charge >= 0.3 is 5.97 Å². The van der Waals surface area contributed by atoms with E-state index in [-0.39, 0.29) is 50.4 Å². The number of guanidine groups is 1. The molecule has 6 atom stereocenters. The number of H-pyrrole nitrogens is 2. The second kappa shape index (κ2) is 21.8. The van der Waals surface area contributed by atoms with Crippen molar-refractivity contribution in [3.63, 3.8) is 0 Å². The number of aromatic amines is 2. The Morgan fingerprint density at radius 2 is 1.41 bits per heavy atom. The molecule has 2 heterocycles. The molecule has 0 bridgehead atoms. The number of carboxylic acid groups (broad SMARTS) is 1. The van der Waals surface area contributed by atoms with Crippen molar-refractivity contribution >= 4 is 65.0 Å². The van der Waals surface area contributed by atoms with E-state index in [0.717, 1.165) is 10.9 Å². The third kappa shape index (κ3) is 13.4. The molecule has 0 saturated carbocycles. The third-order valence-electron chi connectivity index (χ3n) is 9.13. The van der Waals surface area contributed by atoms with E-state index in [2.05, 4.69) is 59.5 Å². The quantitative estimate of drug-likeness (QED) is 0.0197. The van der Waals surface area contributed by atoms with Crippen molar-refractivity contribution < 1.29 is 33.9 Å². The summed E-state index contributed by atoms with van der Waals surface area (Å²) in [5, 5.41) is 34.1. The number of hydrogen-bond acceptors (Lipinski definition) is 10. The number of carbonyl (C=O) groups excluding carboxylic acids is 5. The van der Waals surface area contributed by atoms with Crippen molar-refractivity contribution in [2.24, 2.45) is 11.5 Å². The first-order valence-electron chi connectivity index (χ1n) is 18.5. The Bertz CT molecular complexity index is 2030. The van der Waals surface area contributed by atoms with E-state index in [1.54, 1.807) is 36.5 Å². The second-order valence-corrected chi connectivity index (χ2v) is 14.0. The van der Waals surface area contributed by atoms with Crippen molar-refractivity contribution in [1.29, 1.82) is 5.41 Å². The van der Waals surface area contributed by atoms with Crippen LogP contribution >= 0.6 is 12.6 Å². The van der Waals surface area contributed by atoms with Gasteiger partial charge in [-0.25, -0.2) is 9.78 Å². The number of amides is 5. The highest BCUT2D eigenvalue weighted by Crippen LogP contribution is 2.19. The van der Waals surface area contributed by atoms with Gasteiger partial charge in [0, 0.05) is 54.9 Å². The Hall–Kier alpha value is -6.41. The van der Waals surface area contributed by atoms with E-state index in [1.807, 2.05) is 24.3 Å². The van der Waals surface area contributed by atoms with Crippen molar-refractivity contribution in [3.05, 3.63) is 90.1 Å². The zero-order chi connectivity index (χ0) is 42.2. The lowest BCUT2D eigenvalue weighted by atomic mass is 10.0. The number of carbonyl (C=O) groups is 6. The van der Waals surface area contributed by atoms with Crippen LogP contribution < -0.4 is 43.4 Å². The zero-order valence-electron chi connectivity index (χ0n) is 31.8. The number of carboxylic acids is 1. The number of imidazole rings is 1. The van der Waals surface area contributed by atoms with Crippen LogP contribution in [0.1, 0.15) is 36.6 Å². The molecule has 0 radical (unpaired) electrons. The molecule has 0 aliphatic rings. The van der Waals surface area contributed by atoms with Crippen LogP contribution in [0.4, 0.5) is 0 Å². The number of benzene rings is 2. The van der Waals surface area contributed by atoms with Crippen LogP contribution in [0.25, 0.3) is 10.9 Å². The molecule has 0 saturated heterocycles. The van der Waals surface area contributed by atoms with Gasteiger partial charge in [0.25, 0.3) is 0 Å². The molecule has 0 spiro atoms. The third-order valence-corrected chi connectivity index (χ3v) is 9.53. The molecule has 4 rings (SSSR count). The number of fused-ring (bicyclic) bond motifs is 1. The largest absolute Gasteiger partial charge is 0.480 e. The lowest BCUT2D eigenvalue weighted by molar-refractivity contribution is -0.142. The van der Waals surface area contributed by atoms with Crippen molar-refractivity contribution in [2.45, 2.75) is 75.3 Å². The van der Waals surface area contributed by atoms with Crippen molar-refractivity contribution in [2.75, 3.05) is 12.3 Å². The summed E-state index contributed by atoms with van der Waals surface area (Å²) in [5.41, 5.74) is 13.7. The van der Waals surface area contributed by atoms with Crippen LogP contribution in [0.3, 0.4) is 0 Å². The van der Waals surface area contributed by atoms with Gasteiger partial charge in [-0.2, -0.15) is 12.6 Å². The molecule has 0 aliphatic heterocycles. The molecule has 0 aliphatic carbocycles. The van der Waals surface area contributed by atoms with E-state index >= 15 is 0 Å². The van der Waals surface area contributed by atoms with Crippen LogP contribution in [0.2, 0.25) is 0 Å². The lowest BCUT2D eigenvalue weighted by Gasteiger charge is -2.27. The van der Waals surface area contributed by atoms with Crippen molar-refractivity contribution in [1.82, 2.24) is 46.9 Å². The number of para-hydroxylation sites is 1. The second-order valence-electron chi connectivity index (χ2n) is 13.6. The maximum absolute atomic E-state index is 14.2. The average Bonchev–Trinajstić information content (AvgIpc) is 3.88. The highest BCUT2D eigenvalue weighted by molar-refractivity contribution is 7.80. The number of aliphatic carboxylic acids is 1. The first-order valence-corrected chi connectivity index (χ1v) is 19.1. The van der Waals surface area contributed by atoms with Gasteiger partial charge in [-0.3, -0.25) is 29.4 Å². The normalized spacial score (nSPS) is 14.1. The molecule has 4 aromatic rings. The molecular weight excluding hydrogens is 769 g/mol. The molecule has 19 nitrogen and oxygen atoms in total. The molecule has 0 unspecified atom stereocenters. The average molecular weight is 819 g/mol. The summed E-state index contributed by atoms with van der Waals surface area (Å²) >= 11 is 4.01. The van der Waals surface area contributed by atoms with Crippen LogP contribution in [0.15, 0.2) is 73.3 Å². The van der Waals surface area contributed by atoms with Crippen molar-refractivity contribution in [3.8, 4) is 0 Å². The molecule has 2 aromatic heterocycles. The summed E-state index contributed by atoms with van der Waals surface area (Å²) in [5.74, 6) is -5.20. The van der Waals surface area contributed by atoms with E-state index in [1.165, 1.54) is 19.4 Å². The molecular formula is C38H50N12O7S. The highest BCUT2D eigenvalue weighted by Gasteiger charge is 2.33. The summed E-state index contributed by atoms with van der Waals surface area (Å²) < 4.78 is 0. The van der Waals surface area contributed by atoms with Gasteiger partial charge in [0.1, 0.15) is 30.2 Å². The molecule has 20 heteroatoms. The fourth-order valence-electron chi connectivity index (χ4n) is 5.98. The Labute approximate surface area is 339 Å². The minimum Gasteiger partial charge on any atom is -0.480 e. The number of nitrogens with one attached hydrogen (secondary N) is 9. The number of rotatable bonds is 22. The predicted molar refractivity (Wildman–Crippen MR) is 218 cm³/mol. The van der Waals surface area contributed by atoms with Crippen LogP contribution in [-0.2, 0) is 48.0 Å². The number of aromatic nitrogens is 3. The topological polar surface area (TPSA) is 315 Å². The SMILES string of the molecule is C[C@@H](NC(=O)[C@H](N)CS)C(=O)N[C@@H](Cc1c[nH]cn1)C(=O)N[C@H](Cc1ccccc1)C(=O)N[C@@H](CCCNC(=N)N)C(=O)N[C@@H](Cc1c[nH]c2ccccc12)C(=O)O. The lowest BCUT2D eigenvalue weighted by Crippen LogP contribution is -2.60. The standard InChI is InChI=1S/C38H50N12O7S/c1-21(46-33(52)26(39)19-58)32(51)48-30(16-24-18-42-20-45-24)36(55)49-29(14-22-8-3-2-4-9-22)35(54)47-28(12-7-13-43-38(40)41)34(53)50-31(37(56)57)15-23-17-44-27-11-6-5-10-25(23)27/h2-6,8-11,17-18,20-21,26,28-31,44,58H,7,12-16,19,39H2,1H3,(H,42,45)(H,46,52)(H,47,54)(H,48,51)(H,49,55)(H,50,53)(H,56,57)(H4,40,41,43)/t21-,26-,28+,29-,30+,31+/m1/s1. The summed E-state index contributed by atoms with van der Waals surface area (Å²) in [6.07, 6.45) is 4.65. The van der Waals surface area contributed by atoms with Crippen LogP contribution in [0.5, 0.6) is 0 Å². The van der Waals surface area contributed by atoms with Crippen LogP contribution in [-0.4, -0.2) is 110 Å². The minimum absolute atomic E-state index is 0.00159.